The minimum atomic E-state index is -4.16. The molecule has 0 bridgehead atoms. The predicted molar refractivity (Wildman–Crippen MR) is 255 cm³/mol. The molecule has 5 aromatic rings. The molecule has 0 saturated heterocycles. The van der Waals surface area contributed by atoms with Crippen LogP contribution in [0.3, 0.4) is 0 Å². The number of ketones is 1. The van der Waals surface area contributed by atoms with E-state index in [1.807, 2.05) is 24.3 Å². The summed E-state index contributed by atoms with van der Waals surface area (Å²) in [5.74, 6) is -0.188. The molecule has 0 aliphatic rings. The molecule has 5 aromatic carbocycles. The molecule has 0 N–H and O–H groups in total. The van der Waals surface area contributed by atoms with E-state index in [4.69, 9.17) is 13.0 Å². The van der Waals surface area contributed by atoms with Crippen molar-refractivity contribution in [3.05, 3.63) is 150 Å². The van der Waals surface area contributed by atoms with Crippen LogP contribution in [0.15, 0.2) is 155 Å². The molecule has 5 rings (SSSR count). The highest BCUT2D eigenvalue weighted by Crippen LogP contribution is 2.38. The van der Waals surface area contributed by atoms with Gasteiger partial charge in [-0.25, -0.2) is 0 Å². The van der Waals surface area contributed by atoms with E-state index in [9.17, 15) is 13.2 Å². The molecule has 0 fully saturated rings. The lowest BCUT2D eigenvalue weighted by molar-refractivity contribution is -0.126. The summed E-state index contributed by atoms with van der Waals surface area (Å²) in [4.78, 5) is 13.9. The maximum absolute atomic E-state index is 13.8. The van der Waals surface area contributed by atoms with E-state index in [1.54, 1.807) is 12.1 Å². The molecule has 0 saturated carbocycles. The predicted octanol–water partition coefficient (Wildman–Crippen LogP) is 10.4. The van der Waals surface area contributed by atoms with Crippen LogP contribution >= 0.6 is 15.9 Å². The lowest BCUT2D eigenvalue weighted by Gasteiger charge is -2.43. The molecule has 0 aromatic heterocycles. The maximum atomic E-state index is 13.8. The average Bonchev–Trinajstić information content (AvgIpc) is 3.23. The van der Waals surface area contributed by atoms with E-state index >= 15 is 0 Å². The number of halogens is 1. The third kappa shape index (κ3) is 11.7. The van der Waals surface area contributed by atoms with Crippen LogP contribution in [0.1, 0.15) is 92.9 Å². The fourth-order valence-corrected chi connectivity index (χ4v) is 19.0. The van der Waals surface area contributed by atoms with Gasteiger partial charge in [-0.1, -0.05) is 198 Å². The lowest BCUT2D eigenvalue weighted by atomic mass is 10.0. The van der Waals surface area contributed by atoms with E-state index in [0.717, 1.165) is 30.2 Å². The van der Waals surface area contributed by atoms with E-state index < -0.39 is 32.9 Å². The van der Waals surface area contributed by atoms with Crippen molar-refractivity contribution in [2.24, 2.45) is 0 Å². The highest BCUT2D eigenvalue weighted by molar-refractivity contribution is 9.10. The van der Waals surface area contributed by atoms with E-state index in [1.165, 1.54) is 32.9 Å². The Morgan fingerprint density at radius 2 is 0.900 bits per heavy atom. The van der Waals surface area contributed by atoms with Gasteiger partial charge >= 0.3 is 0 Å². The highest BCUT2D eigenvalue weighted by atomic mass is 79.9. The Hall–Kier alpha value is -3.49. The van der Waals surface area contributed by atoms with Crippen LogP contribution in [0.25, 0.3) is 0 Å². The molecule has 10 heteroatoms. The molecular formula is C50H63BrO6SSi2. The van der Waals surface area contributed by atoms with Crippen molar-refractivity contribution in [1.29, 1.82) is 0 Å². The number of benzene rings is 5. The van der Waals surface area contributed by atoms with Gasteiger partial charge in [0.25, 0.3) is 26.8 Å². The third-order valence-electron chi connectivity index (χ3n) is 11.4. The topological polar surface area (TPSA) is 78.9 Å². The molecule has 0 aliphatic carbocycles. The molecule has 320 valence electrons. The van der Waals surface area contributed by atoms with Gasteiger partial charge < -0.3 is 8.85 Å². The quantitative estimate of drug-likeness (QED) is 0.0391. The molecule has 0 heterocycles. The van der Waals surface area contributed by atoms with Crippen LogP contribution in [0.5, 0.6) is 0 Å². The highest BCUT2D eigenvalue weighted by Gasteiger charge is 2.51. The van der Waals surface area contributed by atoms with E-state index in [2.05, 4.69) is 155 Å². The second kappa shape index (κ2) is 21.5. The van der Waals surface area contributed by atoms with Crippen molar-refractivity contribution >= 4 is 69.2 Å². The Morgan fingerprint density at radius 1 is 0.533 bits per heavy atom. The Kier molecular flexibility index (Phi) is 17.1. The van der Waals surface area contributed by atoms with E-state index in [-0.39, 0.29) is 27.2 Å². The number of hydrogen-bond acceptors (Lipinski definition) is 6. The summed E-state index contributed by atoms with van der Waals surface area (Å²) in [5, 5.41) is 4.69. The molecule has 6 nitrogen and oxygen atoms in total. The Bertz CT molecular complexity index is 2080. The summed E-state index contributed by atoms with van der Waals surface area (Å²) in [6.45, 7) is 14.7. The number of carbonyl (C=O) groups excluding carboxylic acids is 1. The Morgan fingerprint density at radius 3 is 1.27 bits per heavy atom. The minimum absolute atomic E-state index is 0.0303. The van der Waals surface area contributed by atoms with Crippen molar-refractivity contribution in [2.75, 3.05) is 13.2 Å². The molecule has 0 spiro atoms. The Labute approximate surface area is 370 Å². The third-order valence-corrected chi connectivity index (χ3v) is 23.3. The van der Waals surface area contributed by atoms with Crippen molar-refractivity contribution < 1.29 is 26.2 Å². The Balaban J connectivity index is 1.21. The van der Waals surface area contributed by atoms with Gasteiger partial charge in [0.2, 0.25) is 0 Å². The number of rotatable bonds is 22. The smallest absolute Gasteiger partial charge is 0.297 e. The van der Waals surface area contributed by atoms with Gasteiger partial charge in [0.15, 0.2) is 5.78 Å². The molecular weight excluding hydrogens is 865 g/mol. The van der Waals surface area contributed by atoms with Crippen LogP contribution in [-0.4, -0.2) is 50.2 Å². The van der Waals surface area contributed by atoms with Gasteiger partial charge in [0.05, 0.1) is 4.90 Å². The average molecular weight is 928 g/mol. The normalized spacial score (nSPS) is 13.2. The summed E-state index contributed by atoms with van der Waals surface area (Å²) < 4.78 is 47.6. The SMILES string of the molecule is CC(C)(C)[Si](OCCCCCC(=O)C(CCCCCO[Si](c1ccccc1)(c1ccccc1)C(C)(C)C)OS(=O)(=O)c1ccc(Br)cc1)(c1ccccc1)c1ccccc1. The zero-order valence-electron chi connectivity index (χ0n) is 36.2. The van der Waals surface area contributed by atoms with Gasteiger partial charge in [0, 0.05) is 24.1 Å². The summed E-state index contributed by atoms with van der Waals surface area (Å²) >= 11 is 3.38. The monoisotopic (exact) mass is 926 g/mol. The van der Waals surface area contributed by atoms with Crippen LogP contribution < -0.4 is 20.7 Å². The van der Waals surface area contributed by atoms with E-state index in [0.29, 0.717) is 32.5 Å². The molecule has 60 heavy (non-hydrogen) atoms. The lowest BCUT2D eigenvalue weighted by Crippen LogP contribution is -2.66. The van der Waals surface area contributed by atoms with Crippen LogP contribution in [0.2, 0.25) is 10.1 Å². The number of hydrogen-bond donors (Lipinski definition) is 0. The van der Waals surface area contributed by atoms with Crippen molar-refractivity contribution in [1.82, 2.24) is 0 Å². The zero-order valence-corrected chi connectivity index (χ0v) is 40.6. The van der Waals surface area contributed by atoms with Crippen molar-refractivity contribution in [3.63, 3.8) is 0 Å². The summed E-state index contributed by atoms with van der Waals surface area (Å²) in [5.41, 5.74) is 0. The van der Waals surface area contributed by atoms with Gasteiger partial charge in [0.1, 0.15) is 6.10 Å². The van der Waals surface area contributed by atoms with Crippen molar-refractivity contribution in [2.45, 2.75) is 114 Å². The van der Waals surface area contributed by atoms with Gasteiger partial charge in [-0.05, 0) is 80.8 Å². The number of Topliss-reactive ketones (excluding diaryl/α,β-unsaturated/α-hetero) is 1. The van der Waals surface area contributed by atoms with Gasteiger partial charge in [-0.2, -0.15) is 8.42 Å². The summed E-state index contributed by atoms with van der Waals surface area (Å²) in [6, 6.07) is 48.7. The molecule has 1 atom stereocenters. The molecule has 0 radical (unpaired) electrons. The largest absolute Gasteiger partial charge is 0.407 e. The van der Waals surface area contributed by atoms with Gasteiger partial charge in [-0.15, -0.1) is 0 Å². The van der Waals surface area contributed by atoms with Crippen LogP contribution in [0.4, 0.5) is 0 Å². The first-order valence-corrected chi connectivity index (χ1v) is 27.4. The fourth-order valence-electron chi connectivity index (χ4n) is 8.39. The van der Waals surface area contributed by atoms with Crippen molar-refractivity contribution in [3.8, 4) is 0 Å². The second-order valence-corrected chi connectivity index (χ2v) is 28.7. The minimum Gasteiger partial charge on any atom is -0.407 e. The summed E-state index contributed by atoms with van der Waals surface area (Å²) in [6.07, 6.45) is 3.82. The second-order valence-electron chi connectivity index (χ2n) is 17.6. The number of carbonyl (C=O) groups is 1. The summed E-state index contributed by atoms with van der Waals surface area (Å²) in [7, 11) is -9.49. The fraction of sp³-hybridized carbons (Fsp3) is 0.380. The first-order chi connectivity index (χ1) is 28.6. The van der Waals surface area contributed by atoms with Gasteiger partial charge in [-0.3, -0.25) is 8.98 Å². The molecule has 1 unspecified atom stereocenters. The first-order valence-electron chi connectivity index (χ1n) is 21.3. The first kappa shape index (κ1) is 47.6. The molecule has 0 aliphatic heterocycles. The van der Waals surface area contributed by atoms with Crippen LogP contribution in [-0.2, 0) is 27.9 Å². The van der Waals surface area contributed by atoms with Crippen LogP contribution in [0, 0.1) is 0 Å². The zero-order chi connectivity index (χ0) is 43.3. The number of unbranched alkanes of at least 4 members (excludes halogenated alkanes) is 4. The maximum Gasteiger partial charge on any atom is 0.297 e. The standard InChI is InChI=1S/C50H63BrO6SSi2/c1-49(2,3)59(43-25-13-7-14-26-43,44-27-15-8-16-28-44)55-39-23-11-21-33-47(52)48(57-58(53,54)42-37-35-41(51)36-38-42)34-22-12-24-40-56-60(50(4,5)6,45-29-17-9-18-30-45)46-31-19-10-20-32-46/h7-10,13-20,25-32,35-38,48H,11-12,21-24,33-34,39-40H2,1-6H3. The molecule has 0 amide bonds.